The highest BCUT2D eigenvalue weighted by Crippen LogP contribution is 2.20. The molecule has 0 spiro atoms. The predicted octanol–water partition coefficient (Wildman–Crippen LogP) is 1.33. The quantitative estimate of drug-likeness (QED) is 0.344. The first-order valence-electron chi connectivity index (χ1n) is 5.30. The summed E-state index contributed by atoms with van der Waals surface area (Å²) in [5.41, 5.74) is 0.271. The molecule has 0 fully saturated rings. The topological polar surface area (TPSA) is 79.1 Å². The second-order valence-corrected chi connectivity index (χ2v) is 4.10. The minimum atomic E-state index is -0.482. The first-order chi connectivity index (χ1) is 8.63. The average Bonchev–Trinajstić information content (AvgIpc) is 2.38. The summed E-state index contributed by atoms with van der Waals surface area (Å²) in [7, 11) is 1.69. The zero-order valence-electron chi connectivity index (χ0n) is 10.5. The maximum atomic E-state index is 11.8. The van der Waals surface area contributed by atoms with Crippen molar-refractivity contribution in [2.45, 2.75) is 12.1 Å². The first kappa shape index (κ1) is 14.3. The van der Waals surface area contributed by atoms with Gasteiger partial charge in [0.2, 0.25) is 0 Å². The molecule has 6 nitrogen and oxygen atoms in total. The zero-order valence-corrected chi connectivity index (χ0v) is 11.3. The lowest BCUT2D eigenvalue weighted by molar-refractivity contribution is 0.0526. The minimum Gasteiger partial charge on any atom is -0.462 e. The Morgan fingerprint density at radius 3 is 2.94 bits per heavy atom. The fourth-order valence-electron chi connectivity index (χ4n) is 1.28. The number of ether oxygens (including phenoxy) is 1. The Balaban J connectivity index is 3.16. The molecule has 0 N–H and O–H groups in total. The maximum Gasteiger partial charge on any atom is 0.343 e. The highest BCUT2D eigenvalue weighted by Gasteiger charge is 2.18. The highest BCUT2D eigenvalue weighted by atomic mass is 32.2. The number of anilines is 1. The molecule has 0 bridgehead atoms. The number of hydrogen-bond acceptors (Lipinski definition) is 7. The van der Waals surface area contributed by atoms with Crippen LogP contribution in [0.15, 0.2) is 11.4 Å². The van der Waals surface area contributed by atoms with Gasteiger partial charge in [-0.2, -0.15) is 5.26 Å². The van der Waals surface area contributed by atoms with Crippen LogP contribution in [0.25, 0.3) is 0 Å². The van der Waals surface area contributed by atoms with E-state index in [4.69, 9.17) is 10.00 Å². The zero-order chi connectivity index (χ0) is 13.5. The van der Waals surface area contributed by atoms with Crippen LogP contribution in [0.2, 0.25) is 0 Å². The molecule has 0 saturated carbocycles. The van der Waals surface area contributed by atoms with Gasteiger partial charge in [-0.05, 0) is 13.2 Å². The van der Waals surface area contributed by atoms with E-state index in [2.05, 4.69) is 9.97 Å². The van der Waals surface area contributed by atoms with E-state index < -0.39 is 5.97 Å². The van der Waals surface area contributed by atoms with Crippen molar-refractivity contribution in [3.63, 3.8) is 0 Å². The monoisotopic (exact) mass is 266 g/mol. The Morgan fingerprint density at radius 2 is 2.39 bits per heavy atom. The molecule has 1 rings (SSSR count). The lowest BCUT2D eigenvalue weighted by atomic mass is 10.3. The van der Waals surface area contributed by atoms with Crippen LogP contribution in [-0.2, 0) is 4.74 Å². The van der Waals surface area contributed by atoms with Gasteiger partial charge in [-0.3, -0.25) is 0 Å². The van der Waals surface area contributed by atoms with Crippen LogP contribution in [0.5, 0.6) is 0 Å². The van der Waals surface area contributed by atoms with Gasteiger partial charge in [0.05, 0.1) is 12.7 Å². The van der Waals surface area contributed by atoms with Crippen LogP contribution in [0.1, 0.15) is 17.3 Å². The molecule has 96 valence electrons. The van der Waals surface area contributed by atoms with Crippen LogP contribution in [0, 0.1) is 11.3 Å². The number of carbonyl (C=O) groups excluding carboxylic acids is 1. The van der Waals surface area contributed by atoms with E-state index in [1.807, 2.05) is 12.3 Å². The van der Waals surface area contributed by atoms with Crippen molar-refractivity contribution in [1.82, 2.24) is 9.97 Å². The lowest BCUT2D eigenvalue weighted by Crippen LogP contribution is -2.23. The summed E-state index contributed by atoms with van der Waals surface area (Å²) in [6.07, 6.45) is 3.27. The second-order valence-electron chi connectivity index (χ2n) is 3.33. The molecule has 0 aliphatic heterocycles. The van der Waals surface area contributed by atoms with Gasteiger partial charge in [0.25, 0.3) is 0 Å². The van der Waals surface area contributed by atoms with Gasteiger partial charge in [0, 0.05) is 13.2 Å². The van der Waals surface area contributed by atoms with Gasteiger partial charge >= 0.3 is 5.97 Å². The molecule has 0 aliphatic carbocycles. The van der Waals surface area contributed by atoms with Gasteiger partial charge in [-0.15, -0.1) is 0 Å². The predicted molar refractivity (Wildman–Crippen MR) is 68.7 cm³/mol. The minimum absolute atomic E-state index is 0.136. The summed E-state index contributed by atoms with van der Waals surface area (Å²) < 4.78 is 4.94. The molecule has 0 saturated heterocycles. The standard InChI is InChI=1S/C11H14N4O2S/c1-4-17-10(16)8-7-13-11(18-3)14-9(8)15(2)6-5-12/h7H,4,6H2,1-3H3. The molecule has 1 aromatic heterocycles. The van der Waals surface area contributed by atoms with Crippen LogP contribution in [0.3, 0.4) is 0 Å². The summed E-state index contributed by atoms with van der Waals surface area (Å²) >= 11 is 1.37. The summed E-state index contributed by atoms with van der Waals surface area (Å²) in [6.45, 7) is 2.15. The summed E-state index contributed by atoms with van der Waals surface area (Å²) in [5, 5.41) is 9.25. The van der Waals surface area contributed by atoms with Gasteiger partial charge in [-0.25, -0.2) is 14.8 Å². The number of hydrogen-bond donors (Lipinski definition) is 0. The van der Waals surface area contributed by atoms with Crippen molar-refractivity contribution in [3.8, 4) is 6.07 Å². The molecule has 0 aliphatic rings. The number of thioether (sulfide) groups is 1. The Kier molecular flexibility index (Phi) is 5.39. The molecule has 1 aromatic rings. The van der Waals surface area contributed by atoms with Crippen LogP contribution in [-0.4, -0.2) is 42.4 Å². The molecular weight excluding hydrogens is 252 g/mol. The first-order valence-corrected chi connectivity index (χ1v) is 6.52. The summed E-state index contributed by atoms with van der Waals surface area (Å²) in [4.78, 5) is 21.6. The van der Waals surface area contributed by atoms with E-state index in [1.165, 1.54) is 18.0 Å². The number of carbonyl (C=O) groups is 1. The normalized spacial score (nSPS) is 9.67. The van der Waals surface area contributed by atoms with Gasteiger partial charge in [-0.1, -0.05) is 11.8 Å². The Bertz CT molecular complexity index is 473. The number of rotatable bonds is 5. The lowest BCUT2D eigenvalue weighted by Gasteiger charge is -2.17. The van der Waals surface area contributed by atoms with Gasteiger partial charge in [0.1, 0.15) is 17.9 Å². The van der Waals surface area contributed by atoms with Crippen molar-refractivity contribution >= 4 is 23.5 Å². The van der Waals surface area contributed by atoms with Crippen molar-refractivity contribution < 1.29 is 9.53 Å². The molecule has 0 amide bonds. The van der Waals surface area contributed by atoms with Crippen LogP contribution in [0.4, 0.5) is 5.82 Å². The Morgan fingerprint density at radius 1 is 1.67 bits per heavy atom. The molecule has 0 atom stereocenters. The third-order valence-electron chi connectivity index (χ3n) is 2.09. The van der Waals surface area contributed by atoms with E-state index >= 15 is 0 Å². The van der Waals surface area contributed by atoms with E-state index in [1.54, 1.807) is 18.9 Å². The van der Waals surface area contributed by atoms with E-state index in [0.29, 0.717) is 11.0 Å². The number of aromatic nitrogens is 2. The Labute approximate surface area is 110 Å². The van der Waals surface area contributed by atoms with E-state index in [0.717, 1.165) is 0 Å². The van der Waals surface area contributed by atoms with Crippen LogP contribution >= 0.6 is 11.8 Å². The van der Waals surface area contributed by atoms with Crippen LogP contribution < -0.4 is 4.90 Å². The van der Waals surface area contributed by atoms with Gasteiger partial charge < -0.3 is 9.64 Å². The molecule has 0 aromatic carbocycles. The molecule has 1 heterocycles. The van der Waals surface area contributed by atoms with E-state index in [-0.39, 0.29) is 18.7 Å². The van der Waals surface area contributed by atoms with Gasteiger partial charge in [0.15, 0.2) is 5.16 Å². The third kappa shape index (κ3) is 3.34. The van der Waals surface area contributed by atoms with Crippen molar-refractivity contribution in [2.24, 2.45) is 0 Å². The van der Waals surface area contributed by atoms with Crippen molar-refractivity contribution in [2.75, 3.05) is 31.4 Å². The molecule has 18 heavy (non-hydrogen) atoms. The molecule has 0 radical (unpaired) electrons. The highest BCUT2D eigenvalue weighted by molar-refractivity contribution is 7.98. The summed E-state index contributed by atoms with van der Waals surface area (Å²) in [6, 6.07) is 2.01. The Hall–Kier alpha value is -1.81. The second kappa shape index (κ2) is 6.81. The largest absolute Gasteiger partial charge is 0.462 e. The number of nitriles is 1. The molecule has 0 unspecified atom stereocenters. The average molecular weight is 266 g/mol. The number of esters is 1. The molecule has 7 heteroatoms. The smallest absolute Gasteiger partial charge is 0.343 e. The van der Waals surface area contributed by atoms with Crippen molar-refractivity contribution in [1.29, 1.82) is 5.26 Å². The van der Waals surface area contributed by atoms with Crippen molar-refractivity contribution in [3.05, 3.63) is 11.8 Å². The maximum absolute atomic E-state index is 11.8. The summed E-state index contributed by atoms with van der Waals surface area (Å²) in [5.74, 6) is -0.0701. The fraction of sp³-hybridized carbons (Fsp3) is 0.455. The third-order valence-corrected chi connectivity index (χ3v) is 2.66. The number of nitrogens with zero attached hydrogens (tertiary/aromatic N) is 4. The van der Waals surface area contributed by atoms with E-state index in [9.17, 15) is 4.79 Å². The fourth-order valence-corrected chi connectivity index (χ4v) is 1.62. The molecular formula is C11H14N4O2S. The SMILES string of the molecule is CCOC(=O)c1cnc(SC)nc1N(C)CC#N.